The first-order chi connectivity index (χ1) is 5.81. The van der Waals surface area contributed by atoms with Crippen molar-refractivity contribution < 1.29 is 0 Å². The van der Waals surface area contributed by atoms with Gasteiger partial charge in [0.25, 0.3) is 0 Å². The molecule has 12 heavy (non-hydrogen) atoms. The lowest BCUT2D eigenvalue weighted by atomic mass is 10.2. The smallest absolute Gasteiger partial charge is 0.0603 e. The van der Waals surface area contributed by atoms with E-state index in [0.717, 1.165) is 5.70 Å². The first-order valence-corrected chi connectivity index (χ1v) is 3.93. The summed E-state index contributed by atoms with van der Waals surface area (Å²) in [5, 5.41) is 10.2. The lowest BCUT2D eigenvalue weighted by Crippen LogP contribution is -2.19. The van der Waals surface area contributed by atoms with E-state index < -0.39 is 0 Å². The zero-order chi connectivity index (χ0) is 8.97. The second-order valence-corrected chi connectivity index (χ2v) is 2.77. The molecule has 0 aromatic rings. The van der Waals surface area contributed by atoms with Crippen LogP contribution in [0.25, 0.3) is 0 Å². The van der Waals surface area contributed by atoms with Crippen LogP contribution in [0.4, 0.5) is 0 Å². The summed E-state index contributed by atoms with van der Waals surface area (Å²) in [5.41, 5.74) is 12.1. The van der Waals surface area contributed by atoms with Crippen LogP contribution in [0.3, 0.4) is 0 Å². The fraction of sp³-hybridized carbons (Fsp3) is 0.375. The molecular formula is C8H14N4. The SMILES string of the molecule is N=CC(=C/N)/C(=C\N)NC1CC1. The van der Waals surface area contributed by atoms with Gasteiger partial charge in [0.15, 0.2) is 0 Å². The zero-order valence-corrected chi connectivity index (χ0v) is 6.88. The van der Waals surface area contributed by atoms with Crippen molar-refractivity contribution >= 4 is 6.21 Å². The molecular weight excluding hydrogens is 152 g/mol. The molecule has 1 fully saturated rings. The van der Waals surface area contributed by atoms with E-state index in [-0.39, 0.29) is 0 Å². The number of allylic oxidation sites excluding steroid dienone is 1. The monoisotopic (exact) mass is 166 g/mol. The molecule has 0 radical (unpaired) electrons. The molecule has 1 rings (SSSR count). The predicted octanol–water partition coefficient (Wildman–Crippen LogP) is 0.0307. The maximum atomic E-state index is 7.05. The van der Waals surface area contributed by atoms with Crippen LogP contribution in [0.15, 0.2) is 23.7 Å². The van der Waals surface area contributed by atoms with Crippen molar-refractivity contribution in [3.05, 3.63) is 23.7 Å². The van der Waals surface area contributed by atoms with Gasteiger partial charge in [0.05, 0.1) is 5.70 Å². The Morgan fingerprint density at radius 2 is 2.00 bits per heavy atom. The molecule has 0 heterocycles. The van der Waals surface area contributed by atoms with Gasteiger partial charge < -0.3 is 22.2 Å². The van der Waals surface area contributed by atoms with Crippen molar-refractivity contribution in [2.45, 2.75) is 18.9 Å². The van der Waals surface area contributed by atoms with Gasteiger partial charge in [-0.2, -0.15) is 0 Å². The molecule has 0 aromatic carbocycles. The summed E-state index contributed by atoms with van der Waals surface area (Å²) in [5.74, 6) is 0. The molecule has 0 bridgehead atoms. The molecule has 4 nitrogen and oxygen atoms in total. The Labute approximate surface area is 71.8 Å². The summed E-state index contributed by atoms with van der Waals surface area (Å²) >= 11 is 0. The van der Waals surface area contributed by atoms with E-state index in [1.54, 1.807) is 0 Å². The Hall–Kier alpha value is -1.45. The average Bonchev–Trinajstić information content (AvgIpc) is 2.88. The molecule has 0 spiro atoms. The van der Waals surface area contributed by atoms with Crippen LogP contribution in [-0.4, -0.2) is 12.3 Å². The zero-order valence-electron chi connectivity index (χ0n) is 6.88. The highest BCUT2D eigenvalue weighted by Gasteiger charge is 2.22. The number of hydrogen-bond acceptors (Lipinski definition) is 4. The molecule has 4 heteroatoms. The number of nitrogens with two attached hydrogens (primary N) is 2. The second kappa shape index (κ2) is 3.80. The minimum atomic E-state index is 0.523. The lowest BCUT2D eigenvalue weighted by Gasteiger charge is -2.08. The highest BCUT2D eigenvalue weighted by molar-refractivity contribution is 5.81. The molecule has 6 N–H and O–H groups in total. The third-order valence-electron chi connectivity index (χ3n) is 1.75. The van der Waals surface area contributed by atoms with Gasteiger partial charge in [-0.15, -0.1) is 0 Å². The van der Waals surface area contributed by atoms with E-state index in [1.807, 2.05) is 0 Å². The summed E-state index contributed by atoms with van der Waals surface area (Å²) < 4.78 is 0. The van der Waals surface area contributed by atoms with Crippen molar-refractivity contribution in [1.82, 2.24) is 5.32 Å². The van der Waals surface area contributed by atoms with E-state index >= 15 is 0 Å². The molecule has 0 saturated heterocycles. The van der Waals surface area contributed by atoms with E-state index in [1.165, 1.54) is 31.5 Å². The first kappa shape index (κ1) is 8.64. The molecule has 0 atom stereocenters. The van der Waals surface area contributed by atoms with Crippen LogP contribution < -0.4 is 16.8 Å². The summed E-state index contributed by atoms with van der Waals surface area (Å²) in [6.07, 6.45) is 6.36. The van der Waals surface area contributed by atoms with Gasteiger partial charge >= 0.3 is 0 Å². The fourth-order valence-electron chi connectivity index (χ4n) is 0.891. The van der Waals surface area contributed by atoms with E-state index in [2.05, 4.69) is 5.32 Å². The molecule has 0 aliphatic heterocycles. The Morgan fingerprint density at radius 3 is 2.33 bits per heavy atom. The summed E-state index contributed by atoms with van der Waals surface area (Å²) in [4.78, 5) is 0. The summed E-state index contributed by atoms with van der Waals surface area (Å²) in [6, 6.07) is 0.523. The molecule has 1 saturated carbocycles. The van der Waals surface area contributed by atoms with Gasteiger partial charge in [0.2, 0.25) is 0 Å². The van der Waals surface area contributed by atoms with Crippen LogP contribution in [-0.2, 0) is 0 Å². The Balaban J connectivity index is 2.59. The van der Waals surface area contributed by atoms with Crippen LogP contribution in [0.5, 0.6) is 0 Å². The first-order valence-electron chi connectivity index (χ1n) is 3.93. The minimum absolute atomic E-state index is 0.523. The minimum Gasteiger partial charge on any atom is -0.404 e. The van der Waals surface area contributed by atoms with Gasteiger partial charge in [-0.1, -0.05) is 0 Å². The summed E-state index contributed by atoms with van der Waals surface area (Å²) in [7, 11) is 0. The highest BCUT2D eigenvalue weighted by atomic mass is 15.0. The lowest BCUT2D eigenvalue weighted by molar-refractivity contribution is 0.817. The van der Waals surface area contributed by atoms with Gasteiger partial charge in [0, 0.05) is 30.2 Å². The Morgan fingerprint density at radius 1 is 1.33 bits per heavy atom. The molecule has 1 aliphatic carbocycles. The normalized spacial score (nSPS) is 19.0. The number of nitrogens with one attached hydrogen (secondary N) is 2. The third-order valence-corrected chi connectivity index (χ3v) is 1.75. The topological polar surface area (TPSA) is 87.9 Å². The summed E-state index contributed by atoms with van der Waals surface area (Å²) in [6.45, 7) is 0. The fourth-order valence-corrected chi connectivity index (χ4v) is 0.891. The van der Waals surface area contributed by atoms with E-state index in [4.69, 9.17) is 16.9 Å². The predicted molar refractivity (Wildman–Crippen MR) is 49.5 cm³/mol. The largest absolute Gasteiger partial charge is 0.404 e. The van der Waals surface area contributed by atoms with Crippen LogP contribution >= 0.6 is 0 Å². The maximum absolute atomic E-state index is 7.05. The van der Waals surface area contributed by atoms with Crippen LogP contribution in [0, 0.1) is 5.41 Å². The van der Waals surface area contributed by atoms with Crippen molar-refractivity contribution in [3.63, 3.8) is 0 Å². The van der Waals surface area contributed by atoms with Gasteiger partial charge in [-0.3, -0.25) is 0 Å². The van der Waals surface area contributed by atoms with Crippen LogP contribution in [0.2, 0.25) is 0 Å². The second-order valence-electron chi connectivity index (χ2n) is 2.77. The molecule has 0 unspecified atom stereocenters. The van der Waals surface area contributed by atoms with Crippen LogP contribution in [0.1, 0.15) is 12.8 Å². The molecule has 0 aromatic heterocycles. The van der Waals surface area contributed by atoms with E-state index in [0.29, 0.717) is 11.6 Å². The molecule has 66 valence electrons. The van der Waals surface area contributed by atoms with Crippen molar-refractivity contribution in [1.29, 1.82) is 5.41 Å². The van der Waals surface area contributed by atoms with Crippen molar-refractivity contribution in [3.8, 4) is 0 Å². The third kappa shape index (κ3) is 2.02. The van der Waals surface area contributed by atoms with E-state index in [9.17, 15) is 0 Å². The number of rotatable bonds is 4. The maximum Gasteiger partial charge on any atom is 0.0603 e. The Kier molecular flexibility index (Phi) is 2.74. The van der Waals surface area contributed by atoms with Gasteiger partial charge in [-0.05, 0) is 12.8 Å². The van der Waals surface area contributed by atoms with Crippen molar-refractivity contribution in [2.75, 3.05) is 0 Å². The van der Waals surface area contributed by atoms with Gasteiger partial charge in [-0.25, -0.2) is 0 Å². The quantitative estimate of drug-likeness (QED) is 0.351. The molecule has 1 aliphatic rings. The standard InChI is InChI=1S/C8H14N4/c9-3-6(4-10)8(5-11)12-7-1-2-7/h3-5,7,9,12H,1-2,10-11H2/b6-4-,8-5+,9-3?. The highest BCUT2D eigenvalue weighted by Crippen LogP contribution is 2.21. The van der Waals surface area contributed by atoms with Gasteiger partial charge in [0.1, 0.15) is 0 Å². The average molecular weight is 166 g/mol. The van der Waals surface area contributed by atoms with Crippen molar-refractivity contribution in [2.24, 2.45) is 11.5 Å². The Bertz CT molecular complexity index is 225. The molecule has 0 amide bonds. The number of hydrogen-bond donors (Lipinski definition) is 4.